The molecule has 164 valence electrons. The number of hydrogen-bond donors (Lipinski definition) is 1. The number of carbonyl (C=O) groups is 2. The number of halogens is 3. The fourth-order valence-corrected chi connectivity index (χ4v) is 2.47. The maximum atomic E-state index is 13.0. The van der Waals surface area contributed by atoms with Crippen molar-refractivity contribution in [1.82, 2.24) is 15.2 Å². The van der Waals surface area contributed by atoms with Gasteiger partial charge in [-0.05, 0) is 18.2 Å². The largest absolute Gasteiger partial charge is 0.446 e. The van der Waals surface area contributed by atoms with E-state index in [1.54, 1.807) is 0 Å². The molecule has 11 heteroatoms. The molecular weight excluding hydrogens is 407 g/mol. The number of nitrogens with one attached hydrogen (secondary N) is 1. The van der Waals surface area contributed by atoms with Gasteiger partial charge in [-0.25, -0.2) is 4.98 Å². The highest BCUT2D eigenvalue weighted by molar-refractivity contribution is 5.94. The van der Waals surface area contributed by atoms with E-state index in [-0.39, 0.29) is 43.4 Å². The summed E-state index contributed by atoms with van der Waals surface area (Å²) in [5.41, 5.74) is -1.05. The van der Waals surface area contributed by atoms with Gasteiger partial charge < -0.3 is 24.1 Å². The Kier molecular flexibility index (Phi) is 8.36. The summed E-state index contributed by atoms with van der Waals surface area (Å²) in [7, 11) is 2.93. The van der Waals surface area contributed by atoms with Crippen LogP contribution in [0, 0.1) is 0 Å². The molecule has 1 aromatic carbocycles. The second kappa shape index (κ2) is 10.7. The van der Waals surface area contributed by atoms with Crippen molar-refractivity contribution >= 4 is 11.8 Å². The lowest BCUT2D eigenvalue weighted by Gasteiger charge is -2.21. The Morgan fingerprint density at radius 2 is 1.93 bits per heavy atom. The Balaban J connectivity index is 2.15. The number of alkyl halides is 3. The van der Waals surface area contributed by atoms with Gasteiger partial charge in [-0.15, -0.1) is 0 Å². The molecule has 1 heterocycles. The van der Waals surface area contributed by atoms with Crippen LogP contribution < -0.4 is 5.32 Å². The Hall–Kier alpha value is -2.92. The molecule has 0 saturated carbocycles. The average molecular weight is 429 g/mol. The summed E-state index contributed by atoms with van der Waals surface area (Å²) in [6.45, 7) is 0.696. The molecule has 2 amide bonds. The second-order valence-corrected chi connectivity index (χ2v) is 6.17. The summed E-state index contributed by atoms with van der Waals surface area (Å²) in [5, 5.41) is 2.58. The zero-order valence-corrected chi connectivity index (χ0v) is 16.5. The van der Waals surface area contributed by atoms with Crippen molar-refractivity contribution < 1.29 is 36.7 Å². The molecule has 0 unspecified atom stereocenters. The molecule has 2 aromatic rings. The fraction of sp³-hybridized carbons (Fsp3) is 0.421. The van der Waals surface area contributed by atoms with Crippen LogP contribution in [0.4, 0.5) is 13.2 Å². The highest BCUT2D eigenvalue weighted by Gasteiger charge is 2.31. The monoisotopic (exact) mass is 429 g/mol. The number of oxazole rings is 1. The van der Waals surface area contributed by atoms with Gasteiger partial charge in [0.25, 0.3) is 11.8 Å². The minimum atomic E-state index is -4.57. The number of benzene rings is 1. The highest BCUT2D eigenvalue weighted by atomic mass is 19.4. The number of aromatic nitrogens is 1. The molecule has 1 N–H and O–H groups in total. The van der Waals surface area contributed by atoms with Crippen LogP contribution in [0.3, 0.4) is 0 Å². The maximum Gasteiger partial charge on any atom is 0.416 e. The zero-order chi connectivity index (χ0) is 22.1. The average Bonchev–Trinajstić information content (AvgIpc) is 3.19. The lowest BCUT2D eigenvalue weighted by molar-refractivity contribution is -0.137. The number of nitrogens with zero attached hydrogens (tertiary/aromatic N) is 2. The summed E-state index contributed by atoms with van der Waals surface area (Å²) in [4.78, 5) is 30.0. The van der Waals surface area contributed by atoms with Crippen molar-refractivity contribution in [2.24, 2.45) is 0 Å². The van der Waals surface area contributed by atoms with E-state index in [9.17, 15) is 22.8 Å². The minimum Gasteiger partial charge on any atom is -0.446 e. The molecule has 0 aliphatic heterocycles. The van der Waals surface area contributed by atoms with Gasteiger partial charge in [-0.1, -0.05) is 6.07 Å². The number of carbonyl (C=O) groups excluding carboxylic acids is 2. The molecule has 0 bridgehead atoms. The van der Waals surface area contributed by atoms with E-state index in [1.807, 2.05) is 0 Å². The normalized spacial score (nSPS) is 11.4. The first-order valence-electron chi connectivity index (χ1n) is 8.93. The van der Waals surface area contributed by atoms with Gasteiger partial charge >= 0.3 is 6.18 Å². The summed E-state index contributed by atoms with van der Waals surface area (Å²) in [5.74, 6) is -1.07. The van der Waals surface area contributed by atoms with Crippen LogP contribution in [0.15, 0.2) is 34.9 Å². The lowest BCUT2D eigenvalue weighted by Crippen LogP contribution is -2.34. The van der Waals surface area contributed by atoms with E-state index in [4.69, 9.17) is 13.9 Å². The third kappa shape index (κ3) is 6.56. The van der Waals surface area contributed by atoms with Gasteiger partial charge in [0.15, 0.2) is 5.69 Å². The number of hydrogen-bond acceptors (Lipinski definition) is 6. The molecule has 0 radical (unpaired) electrons. The third-order valence-corrected chi connectivity index (χ3v) is 3.99. The minimum absolute atomic E-state index is 0.0133. The lowest BCUT2D eigenvalue weighted by atomic mass is 10.1. The van der Waals surface area contributed by atoms with Crippen LogP contribution in [-0.4, -0.2) is 62.2 Å². The Labute approximate surface area is 171 Å². The molecule has 0 spiro atoms. The molecular formula is C19H22F3N3O5. The summed E-state index contributed by atoms with van der Waals surface area (Å²) in [6.07, 6.45) is -3.43. The molecule has 1 aromatic heterocycles. The molecule has 0 atom stereocenters. The van der Waals surface area contributed by atoms with E-state index in [2.05, 4.69) is 10.3 Å². The van der Waals surface area contributed by atoms with Crippen molar-refractivity contribution in [3.8, 4) is 0 Å². The van der Waals surface area contributed by atoms with Gasteiger partial charge in [-0.3, -0.25) is 9.59 Å². The second-order valence-electron chi connectivity index (χ2n) is 6.17. The van der Waals surface area contributed by atoms with Crippen LogP contribution in [0.5, 0.6) is 0 Å². The summed E-state index contributed by atoms with van der Waals surface area (Å²) < 4.78 is 53.9. The molecule has 0 saturated heterocycles. The molecule has 30 heavy (non-hydrogen) atoms. The maximum absolute atomic E-state index is 13.0. The fourth-order valence-electron chi connectivity index (χ4n) is 2.47. The SMILES string of the molecule is COCCNC(=O)c1coc(CN(CCOC)C(=O)c2cccc(C(F)(F)F)c2)n1. The predicted molar refractivity (Wildman–Crippen MR) is 98.8 cm³/mol. The molecule has 8 nitrogen and oxygen atoms in total. The third-order valence-electron chi connectivity index (χ3n) is 3.99. The number of methoxy groups -OCH3 is 2. The van der Waals surface area contributed by atoms with Crippen LogP contribution in [0.2, 0.25) is 0 Å². The summed E-state index contributed by atoms with van der Waals surface area (Å²) in [6, 6.07) is 4.13. The topological polar surface area (TPSA) is 93.9 Å². The van der Waals surface area contributed by atoms with Gasteiger partial charge in [0.2, 0.25) is 5.89 Å². The highest BCUT2D eigenvalue weighted by Crippen LogP contribution is 2.29. The molecule has 0 fully saturated rings. The van der Waals surface area contributed by atoms with Crippen molar-refractivity contribution in [2.75, 3.05) is 40.5 Å². The van der Waals surface area contributed by atoms with Crippen LogP contribution in [0.1, 0.15) is 32.3 Å². The van der Waals surface area contributed by atoms with Crippen molar-refractivity contribution in [2.45, 2.75) is 12.7 Å². The van der Waals surface area contributed by atoms with E-state index in [0.29, 0.717) is 6.61 Å². The van der Waals surface area contributed by atoms with Crippen molar-refractivity contribution in [3.05, 3.63) is 53.2 Å². The van der Waals surface area contributed by atoms with E-state index < -0.39 is 23.6 Å². The first kappa shape index (κ1) is 23.4. The van der Waals surface area contributed by atoms with Gasteiger partial charge in [0, 0.05) is 32.9 Å². The van der Waals surface area contributed by atoms with Gasteiger partial charge in [0.1, 0.15) is 6.26 Å². The van der Waals surface area contributed by atoms with E-state index >= 15 is 0 Å². The number of rotatable bonds is 10. The predicted octanol–water partition coefficient (Wildman–Crippen LogP) is 2.36. The Morgan fingerprint density at radius 3 is 2.60 bits per heavy atom. The number of amides is 2. The Bertz CT molecular complexity index is 854. The van der Waals surface area contributed by atoms with Crippen LogP contribution in [-0.2, 0) is 22.2 Å². The van der Waals surface area contributed by atoms with Crippen LogP contribution >= 0.6 is 0 Å². The van der Waals surface area contributed by atoms with Gasteiger partial charge in [-0.2, -0.15) is 13.2 Å². The van der Waals surface area contributed by atoms with Gasteiger partial charge in [0.05, 0.1) is 25.3 Å². The molecule has 2 rings (SSSR count). The standard InChI is InChI=1S/C19H22F3N3O5/c1-28-8-6-23-17(26)15-12-30-16(24-15)11-25(7-9-29-2)18(27)13-4-3-5-14(10-13)19(20,21)22/h3-5,10,12H,6-9,11H2,1-2H3,(H,23,26). The summed E-state index contributed by atoms with van der Waals surface area (Å²) >= 11 is 0. The quantitative estimate of drug-likeness (QED) is 0.583. The van der Waals surface area contributed by atoms with E-state index in [0.717, 1.165) is 24.5 Å². The number of ether oxygens (including phenoxy) is 2. The first-order valence-corrected chi connectivity index (χ1v) is 8.93. The van der Waals surface area contributed by atoms with Crippen molar-refractivity contribution in [3.63, 3.8) is 0 Å². The van der Waals surface area contributed by atoms with E-state index in [1.165, 1.54) is 25.2 Å². The smallest absolute Gasteiger partial charge is 0.416 e. The zero-order valence-electron chi connectivity index (χ0n) is 16.5. The van der Waals surface area contributed by atoms with Crippen molar-refractivity contribution in [1.29, 1.82) is 0 Å². The van der Waals surface area contributed by atoms with Crippen LogP contribution in [0.25, 0.3) is 0 Å². The molecule has 0 aliphatic rings. The Morgan fingerprint density at radius 1 is 1.20 bits per heavy atom. The molecule has 0 aliphatic carbocycles. The first-order chi connectivity index (χ1) is 14.3.